The van der Waals surface area contributed by atoms with Crippen molar-refractivity contribution in [2.75, 3.05) is 4.90 Å². The van der Waals surface area contributed by atoms with E-state index in [0.717, 1.165) is 17.1 Å². The van der Waals surface area contributed by atoms with Crippen molar-refractivity contribution >= 4 is 17.1 Å². The molecule has 0 radical (unpaired) electrons. The van der Waals surface area contributed by atoms with E-state index in [0.29, 0.717) is 0 Å². The van der Waals surface area contributed by atoms with Gasteiger partial charge in [0.1, 0.15) is 0 Å². The molecule has 1 heteroatoms. The van der Waals surface area contributed by atoms with Gasteiger partial charge < -0.3 is 4.90 Å². The van der Waals surface area contributed by atoms with Gasteiger partial charge in [-0.15, -0.1) is 0 Å². The highest BCUT2D eigenvalue weighted by atomic mass is 15.1. The minimum Gasteiger partial charge on any atom is -0.311 e. The fraction of sp³-hybridized carbons (Fsp3) is 0. The SMILES string of the molecule is c1ccc(-c2ccc(N(c3ccc(-c4ccc(-c5ccccc5)cc4-c4ccccc4)cc3)c3ccc(-c4cc(-c5ccccc5)ccc4-c4ccccc4)cc3)cc2)cc1. The van der Waals surface area contributed by atoms with Crippen molar-refractivity contribution in [3.63, 3.8) is 0 Å². The number of nitrogens with zero attached hydrogens (tertiary/aromatic N) is 1. The van der Waals surface area contributed by atoms with Crippen LogP contribution in [-0.4, -0.2) is 0 Å². The highest BCUT2D eigenvalue weighted by Gasteiger charge is 2.17. The highest BCUT2D eigenvalue weighted by Crippen LogP contribution is 2.42. The Bertz CT molecular complexity index is 3000. The molecule has 10 aromatic carbocycles. The summed E-state index contributed by atoms with van der Waals surface area (Å²) in [7, 11) is 0. The molecule has 0 saturated carbocycles. The zero-order chi connectivity index (χ0) is 40.8. The van der Waals surface area contributed by atoms with Crippen molar-refractivity contribution in [3.8, 4) is 77.9 Å². The Morgan fingerprint density at radius 2 is 0.393 bits per heavy atom. The zero-order valence-electron chi connectivity index (χ0n) is 33.8. The van der Waals surface area contributed by atoms with E-state index in [1.807, 2.05) is 0 Å². The van der Waals surface area contributed by atoms with Crippen molar-refractivity contribution in [2.45, 2.75) is 0 Å². The monoisotopic (exact) mass is 777 g/mol. The third kappa shape index (κ3) is 7.93. The second kappa shape index (κ2) is 17.1. The first-order valence-electron chi connectivity index (χ1n) is 20.9. The summed E-state index contributed by atoms with van der Waals surface area (Å²) < 4.78 is 0. The molecule has 0 saturated heterocycles. The Hall–Kier alpha value is -8.00. The predicted octanol–water partition coefficient (Wildman–Crippen LogP) is 16.8. The van der Waals surface area contributed by atoms with E-state index in [1.54, 1.807) is 0 Å². The molecular weight excluding hydrogens is 735 g/mol. The maximum atomic E-state index is 2.36. The van der Waals surface area contributed by atoms with E-state index in [-0.39, 0.29) is 0 Å². The van der Waals surface area contributed by atoms with Crippen LogP contribution >= 0.6 is 0 Å². The normalized spacial score (nSPS) is 11.0. The number of anilines is 3. The molecule has 0 heterocycles. The van der Waals surface area contributed by atoms with Gasteiger partial charge in [0.15, 0.2) is 0 Å². The molecular formula is C60H43N. The van der Waals surface area contributed by atoms with Crippen LogP contribution in [0.2, 0.25) is 0 Å². The van der Waals surface area contributed by atoms with Crippen LogP contribution < -0.4 is 4.90 Å². The van der Waals surface area contributed by atoms with Crippen molar-refractivity contribution in [1.29, 1.82) is 0 Å². The van der Waals surface area contributed by atoms with Crippen LogP contribution in [0.25, 0.3) is 77.9 Å². The minimum atomic E-state index is 1.08. The number of hydrogen-bond acceptors (Lipinski definition) is 1. The lowest BCUT2D eigenvalue weighted by atomic mass is 9.90. The van der Waals surface area contributed by atoms with Gasteiger partial charge in [0.25, 0.3) is 0 Å². The fourth-order valence-electron chi connectivity index (χ4n) is 8.39. The lowest BCUT2D eigenvalue weighted by Crippen LogP contribution is -2.09. The lowest BCUT2D eigenvalue weighted by Gasteiger charge is -2.26. The van der Waals surface area contributed by atoms with Crippen LogP contribution in [0.15, 0.2) is 261 Å². The summed E-state index contributed by atoms with van der Waals surface area (Å²) in [6.45, 7) is 0. The minimum absolute atomic E-state index is 1.08. The Morgan fingerprint density at radius 1 is 0.164 bits per heavy atom. The maximum absolute atomic E-state index is 2.36. The quantitative estimate of drug-likeness (QED) is 0.134. The smallest absolute Gasteiger partial charge is 0.0462 e. The van der Waals surface area contributed by atoms with Gasteiger partial charge in [0.2, 0.25) is 0 Å². The molecule has 0 N–H and O–H groups in total. The molecule has 1 nitrogen and oxygen atoms in total. The average molecular weight is 778 g/mol. The molecule has 61 heavy (non-hydrogen) atoms. The van der Waals surface area contributed by atoms with E-state index in [1.165, 1.54) is 77.9 Å². The summed E-state index contributed by atoms with van der Waals surface area (Å²) in [5.74, 6) is 0. The van der Waals surface area contributed by atoms with Crippen LogP contribution in [-0.2, 0) is 0 Å². The fourth-order valence-corrected chi connectivity index (χ4v) is 8.39. The standard InChI is InChI=1S/C60H43N/c1-6-16-44(17-7-1)47-26-34-54(35-27-47)61(55-36-28-50(29-37-55)58-41-33-52(45-18-8-2-9-19-45)42-59(58)49-24-14-5-15-25-49)56-38-30-51(31-39-56)60-43-53(46-20-10-3-11-21-46)32-40-57(60)48-22-12-4-13-23-48/h1-43H. The van der Waals surface area contributed by atoms with E-state index >= 15 is 0 Å². The molecule has 0 fully saturated rings. The molecule has 288 valence electrons. The first kappa shape index (κ1) is 37.3. The van der Waals surface area contributed by atoms with Gasteiger partial charge in [0, 0.05) is 17.1 Å². The molecule has 10 aromatic rings. The predicted molar refractivity (Wildman–Crippen MR) is 259 cm³/mol. The zero-order valence-corrected chi connectivity index (χ0v) is 33.8. The summed E-state index contributed by atoms with van der Waals surface area (Å²) in [5.41, 5.74) is 20.0. The van der Waals surface area contributed by atoms with E-state index in [2.05, 4.69) is 266 Å². The van der Waals surface area contributed by atoms with Gasteiger partial charge in [-0.05, 0) is 126 Å². The van der Waals surface area contributed by atoms with Crippen molar-refractivity contribution in [2.24, 2.45) is 0 Å². The second-order valence-electron chi connectivity index (χ2n) is 15.3. The molecule has 0 atom stereocenters. The third-order valence-corrected chi connectivity index (χ3v) is 11.5. The molecule has 0 amide bonds. The van der Waals surface area contributed by atoms with Crippen LogP contribution in [0.1, 0.15) is 0 Å². The molecule has 0 aliphatic heterocycles. The largest absolute Gasteiger partial charge is 0.311 e. The summed E-state index contributed by atoms with van der Waals surface area (Å²) >= 11 is 0. The lowest BCUT2D eigenvalue weighted by molar-refractivity contribution is 1.28. The summed E-state index contributed by atoms with van der Waals surface area (Å²) in [6.07, 6.45) is 0. The third-order valence-electron chi connectivity index (χ3n) is 11.5. The Balaban J connectivity index is 1.05. The summed E-state index contributed by atoms with van der Waals surface area (Å²) in [5, 5.41) is 0. The molecule has 0 aromatic heterocycles. The van der Waals surface area contributed by atoms with Crippen LogP contribution in [0, 0.1) is 0 Å². The Morgan fingerprint density at radius 3 is 0.754 bits per heavy atom. The molecule has 0 aliphatic carbocycles. The highest BCUT2D eigenvalue weighted by molar-refractivity contribution is 5.90. The van der Waals surface area contributed by atoms with Crippen LogP contribution in [0.4, 0.5) is 17.1 Å². The molecule has 0 bridgehead atoms. The maximum Gasteiger partial charge on any atom is 0.0462 e. The van der Waals surface area contributed by atoms with Gasteiger partial charge in [0.05, 0.1) is 0 Å². The molecule has 0 unspecified atom stereocenters. The van der Waals surface area contributed by atoms with Crippen molar-refractivity contribution in [1.82, 2.24) is 0 Å². The number of hydrogen-bond donors (Lipinski definition) is 0. The first-order chi connectivity index (χ1) is 30.2. The molecule has 0 spiro atoms. The number of benzene rings is 10. The van der Waals surface area contributed by atoms with E-state index in [4.69, 9.17) is 0 Å². The van der Waals surface area contributed by atoms with Crippen LogP contribution in [0.5, 0.6) is 0 Å². The second-order valence-corrected chi connectivity index (χ2v) is 15.3. The van der Waals surface area contributed by atoms with Crippen molar-refractivity contribution < 1.29 is 0 Å². The first-order valence-corrected chi connectivity index (χ1v) is 20.9. The Kier molecular flexibility index (Phi) is 10.4. The van der Waals surface area contributed by atoms with Crippen LogP contribution in [0.3, 0.4) is 0 Å². The van der Waals surface area contributed by atoms with Gasteiger partial charge in [-0.25, -0.2) is 0 Å². The van der Waals surface area contributed by atoms with Gasteiger partial charge in [-0.3, -0.25) is 0 Å². The topological polar surface area (TPSA) is 3.24 Å². The average Bonchev–Trinajstić information content (AvgIpc) is 3.36. The van der Waals surface area contributed by atoms with E-state index in [9.17, 15) is 0 Å². The summed E-state index contributed by atoms with van der Waals surface area (Å²) in [4.78, 5) is 2.36. The van der Waals surface area contributed by atoms with E-state index < -0.39 is 0 Å². The van der Waals surface area contributed by atoms with Gasteiger partial charge in [-0.2, -0.15) is 0 Å². The van der Waals surface area contributed by atoms with Crippen molar-refractivity contribution in [3.05, 3.63) is 261 Å². The molecule has 0 aliphatic rings. The van der Waals surface area contributed by atoms with Gasteiger partial charge >= 0.3 is 0 Å². The summed E-state index contributed by atoms with van der Waals surface area (Å²) in [6, 6.07) is 93.9. The number of rotatable bonds is 10. The Labute approximate surface area is 359 Å². The molecule has 10 rings (SSSR count). The van der Waals surface area contributed by atoms with Gasteiger partial charge in [-0.1, -0.05) is 212 Å².